The van der Waals surface area contributed by atoms with Gasteiger partial charge >= 0.3 is 5.97 Å². The van der Waals surface area contributed by atoms with Crippen molar-refractivity contribution in [2.75, 3.05) is 0 Å². The van der Waals surface area contributed by atoms with Gasteiger partial charge in [-0.25, -0.2) is 0 Å². The molecule has 0 aliphatic heterocycles. The van der Waals surface area contributed by atoms with E-state index >= 15 is 0 Å². The van der Waals surface area contributed by atoms with Crippen LogP contribution in [0, 0.1) is 40.4 Å². The molecule has 4 rings (SSSR count). The van der Waals surface area contributed by atoms with Crippen LogP contribution >= 0.6 is 0 Å². The largest absolute Gasteiger partial charge is 0.481 e. The van der Waals surface area contributed by atoms with Gasteiger partial charge in [0.25, 0.3) is 0 Å². The summed E-state index contributed by atoms with van der Waals surface area (Å²) in [5.74, 6) is 2.66. The second kappa shape index (κ2) is 10.4. The Morgan fingerprint density at radius 2 is 1.74 bits per heavy atom. The number of carboxylic acids is 1. The highest BCUT2D eigenvalue weighted by molar-refractivity contribution is 5.92. The molecule has 4 heteroatoms. The van der Waals surface area contributed by atoms with Crippen molar-refractivity contribution in [2.45, 2.75) is 123 Å². The summed E-state index contributed by atoms with van der Waals surface area (Å²) in [4.78, 5) is 23.4. The SMILES string of the molecule is CC(CCCCCCCCC(=O)O)C1CC(=O)C=C2CC[C@H]3[C@@H]4CC[C@H](O)[C@@]4(C)CC[C@@H]3[C@]21C. The highest BCUT2D eigenvalue weighted by atomic mass is 16.4. The fourth-order valence-corrected chi connectivity index (χ4v) is 9.10. The molecule has 2 unspecified atom stereocenters. The highest BCUT2D eigenvalue weighted by Crippen LogP contribution is 2.67. The van der Waals surface area contributed by atoms with E-state index in [9.17, 15) is 14.7 Å². The predicted octanol–water partition coefficient (Wildman–Crippen LogP) is 6.95. The maximum absolute atomic E-state index is 12.8. The first-order chi connectivity index (χ1) is 16.2. The second-order valence-corrected chi connectivity index (χ2v) is 12.8. The first-order valence-corrected chi connectivity index (χ1v) is 14.3. The minimum absolute atomic E-state index is 0.106. The quantitative estimate of drug-likeness (QED) is 0.337. The zero-order valence-corrected chi connectivity index (χ0v) is 21.9. The number of aliphatic carboxylic acids is 1. The molecule has 0 spiro atoms. The van der Waals surface area contributed by atoms with E-state index in [-0.39, 0.29) is 16.9 Å². The number of hydrogen-bond acceptors (Lipinski definition) is 3. The number of unbranched alkanes of at least 4 members (excludes halogenated alkanes) is 5. The number of hydrogen-bond donors (Lipinski definition) is 2. The summed E-state index contributed by atoms with van der Waals surface area (Å²) < 4.78 is 0. The van der Waals surface area contributed by atoms with Crippen LogP contribution in [0.3, 0.4) is 0 Å². The molecule has 192 valence electrons. The Bertz CT molecular complexity index is 787. The van der Waals surface area contributed by atoms with Crippen molar-refractivity contribution in [2.24, 2.45) is 40.4 Å². The molecule has 0 bridgehead atoms. The van der Waals surface area contributed by atoms with Gasteiger partial charge in [0, 0.05) is 12.8 Å². The Morgan fingerprint density at radius 3 is 2.47 bits per heavy atom. The molecular formula is C30H48O4. The number of aliphatic hydroxyl groups excluding tert-OH is 1. The van der Waals surface area contributed by atoms with Crippen molar-refractivity contribution in [3.05, 3.63) is 11.6 Å². The van der Waals surface area contributed by atoms with Crippen LogP contribution in [-0.2, 0) is 9.59 Å². The third-order valence-electron chi connectivity index (χ3n) is 11.1. The molecule has 0 saturated heterocycles. The van der Waals surface area contributed by atoms with Crippen molar-refractivity contribution in [1.29, 1.82) is 0 Å². The zero-order valence-electron chi connectivity index (χ0n) is 21.9. The summed E-state index contributed by atoms with van der Waals surface area (Å²) in [5, 5.41) is 19.5. The number of allylic oxidation sites excluding steroid dienone is 1. The lowest BCUT2D eigenvalue weighted by Gasteiger charge is -2.60. The van der Waals surface area contributed by atoms with Crippen LogP contribution in [0.15, 0.2) is 11.6 Å². The molecule has 8 atom stereocenters. The van der Waals surface area contributed by atoms with E-state index in [0.717, 1.165) is 38.5 Å². The molecule has 2 N–H and O–H groups in total. The molecule has 4 aliphatic carbocycles. The Labute approximate surface area is 207 Å². The topological polar surface area (TPSA) is 74.6 Å². The van der Waals surface area contributed by atoms with E-state index in [4.69, 9.17) is 5.11 Å². The molecule has 0 aromatic heterocycles. The lowest BCUT2D eigenvalue weighted by atomic mass is 9.44. The van der Waals surface area contributed by atoms with Gasteiger partial charge in [-0.1, -0.05) is 64.9 Å². The Hall–Kier alpha value is -1.16. The normalized spacial score (nSPS) is 40.2. The van der Waals surface area contributed by atoms with E-state index < -0.39 is 5.97 Å². The van der Waals surface area contributed by atoms with Gasteiger partial charge in [0.2, 0.25) is 0 Å². The molecule has 0 heterocycles. The average molecular weight is 473 g/mol. The predicted molar refractivity (Wildman–Crippen MR) is 135 cm³/mol. The lowest BCUT2D eigenvalue weighted by Crippen LogP contribution is -2.54. The fraction of sp³-hybridized carbons (Fsp3) is 0.867. The van der Waals surface area contributed by atoms with Gasteiger partial charge in [0.05, 0.1) is 6.10 Å². The maximum Gasteiger partial charge on any atom is 0.303 e. The first-order valence-electron chi connectivity index (χ1n) is 14.3. The Morgan fingerprint density at radius 1 is 1.03 bits per heavy atom. The molecule has 4 aliphatic rings. The van der Waals surface area contributed by atoms with Crippen molar-refractivity contribution in [1.82, 2.24) is 0 Å². The van der Waals surface area contributed by atoms with Crippen molar-refractivity contribution < 1.29 is 19.8 Å². The van der Waals surface area contributed by atoms with Gasteiger partial charge in [0.1, 0.15) is 0 Å². The number of carboxylic acid groups (broad SMARTS) is 1. The van der Waals surface area contributed by atoms with E-state index in [1.807, 2.05) is 6.08 Å². The molecule has 0 aromatic rings. The third-order valence-corrected chi connectivity index (χ3v) is 11.1. The minimum Gasteiger partial charge on any atom is -0.481 e. The molecule has 34 heavy (non-hydrogen) atoms. The molecule has 3 fully saturated rings. The van der Waals surface area contributed by atoms with E-state index in [1.54, 1.807) is 0 Å². The standard InChI is InChI=1S/C30H48O4/c1-20(10-8-6-4-5-7-9-11-28(33)34)26-19-22(31)18-21-12-13-23-24-14-15-27(32)29(24,2)17-16-25(23)30(21,26)3/h18,20,23-27,32H,4-17,19H2,1-3H3,(H,33,34)/t20?,23-,24-,25-,26?,27-,29-,30-/m0/s1. The molecule has 0 aromatic carbocycles. The smallest absolute Gasteiger partial charge is 0.303 e. The number of carbonyl (C=O) groups is 2. The summed E-state index contributed by atoms with van der Waals surface area (Å²) in [6, 6.07) is 0. The third kappa shape index (κ3) is 4.77. The van der Waals surface area contributed by atoms with Crippen LogP contribution in [0.1, 0.15) is 117 Å². The number of rotatable bonds is 10. The van der Waals surface area contributed by atoms with Gasteiger partial charge in [0.15, 0.2) is 5.78 Å². The van der Waals surface area contributed by atoms with E-state index in [1.165, 1.54) is 50.5 Å². The highest BCUT2D eigenvalue weighted by Gasteiger charge is 2.61. The van der Waals surface area contributed by atoms with E-state index in [2.05, 4.69) is 20.8 Å². The number of fused-ring (bicyclic) bond motifs is 5. The van der Waals surface area contributed by atoms with Crippen LogP contribution in [-0.4, -0.2) is 28.1 Å². The number of carbonyl (C=O) groups excluding carboxylic acids is 1. The Balaban J connectivity index is 1.38. The van der Waals surface area contributed by atoms with Gasteiger partial charge in [-0.2, -0.15) is 0 Å². The monoisotopic (exact) mass is 472 g/mol. The van der Waals surface area contributed by atoms with Gasteiger partial charge in [-0.3, -0.25) is 9.59 Å². The van der Waals surface area contributed by atoms with Gasteiger partial charge < -0.3 is 10.2 Å². The van der Waals surface area contributed by atoms with Crippen molar-refractivity contribution >= 4 is 11.8 Å². The van der Waals surface area contributed by atoms with Gasteiger partial charge in [-0.05, 0) is 91.4 Å². The maximum atomic E-state index is 12.8. The Kier molecular flexibility index (Phi) is 7.96. The molecule has 4 nitrogen and oxygen atoms in total. The van der Waals surface area contributed by atoms with Crippen LogP contribution in [0.4, 0.5) is 0 Å². The summed E-state index contributed by atoms with van der Waals surface area (Å²) in [5.41, 5.74) is 1.69. The summed E-state index contributed by atoms with van der Waals surface area (Å²) in [6.45, 7) is 7.26. The van der Waals surface area contributed by atoms with Crippen molar-refractivity contribution in [3.63, 3.8) is 0 Å². The van der Waals surface area contributed by atoms with Gasteiger partial charge in [-0.15, -0.1) is 0 Å². The first kappa shape index (κ1) is 25.9. The lowest BCUT2D eigenvalue weighted by molar-refractivity contribution is -0.137. The summed E-state index contributed by atoms with van der Waals surface area (Å²) in [6.07, 6.45) is 17.4. The molecular weight excluding hydrogens is 424 g/mol. The van der Waals surface area contributed by atoms with E-state index in [0.29, 0.717) is 48.2 Å². The fourth-order valence-electron chi connectivity index (χ4n) is 9.10. The minimum atomic E-state index is -0.686. The van der Waals surface area contributed by atoms with Crippen LogP contribution in [0.2, 0.25) is 0 Å². The van der Waals surface area contributed by atoms with Crippen LogP contribution < -0.4 is 0 Å². The average Bonchev–Trinajstić information content (AvgIpc) is 3.09. The summed E-state index contributed by atoms with van der Waals surface area (Å²) >= 11 is 0. The molecule has 3 saturated carbocycles. The molecule has 0 amide bonds. The van der Waals surface area contributed by atoms with Crippen LogP contribution in [0.5, 0.6) is 0 Å². The van der Waals surface area contributed by atoms with Crippen LogP contribution in [0.25, 0.3) is 0 Å². The summed E-state index contributed by atoms with van der Waals surface area (Å²) in [7, 11) is 0. The number of ketones is 1. The molecule has 0 radical (unpaired) electrons. The van der Waals surface area contributed by atoms with Crippen molar-refractivity contribution in [3.8, 4) is 0 Å². The zero-order chi connectivity index (χ0) is 24.5. The number of aliphatic hydroxyl groups is 1. The second-order valence-electron chi connectivity index (χ2n) is 12.8.